The van der Waals surface area contributed by atoms with Gasteiger partial charge in [-0.2, -0.15) is 13.2 Å². The van der Waals surface area contributed by atoms with E-state index >= 15 is 0 Å². The van der Waals surface area contributed by atoms with Crippen LogP contribution in [0.25, 0.3) is 0 Å². The Hall–Kier alpha value is -2.50. The molecule has 6 heteroatoms. The number of anilines is 1. The van der Waals surface area contributed by atoms with Crippen LogP contribution < -0.4 is 10.6 Å². The van der Waals surface area contributed by atoms with Gasteiger partial charge in [-0.05, 0) is 55.7 Å². The summed E-state index contributed by atoms with van der Waals surface area (Å²) in [6.07, 6.45) is -3.89. The van der Waals surface area contributed by atoms with Crippen LogP contribution in [0.5, 0.6) is 0 Å². The molecule has 3 nitrogen and oxygen atoms in total. The molecule has 2 aromatic rings. The largest absolute Gasteiger partial charge is 0.416 e. The van der Waals surface area contributed by atoms with Crippen LogP contribution in [0, 0.1) is 6.92 Å². The zero-order valence-corrected chi connectivity index (χ0v) is 13.4. The number of hydrogen-bond donors (Lipinski definition) is 2. The number of alkyl halides is 3. The van der Waals surface area contributed by atoms with E-state index in [1.807, 2.05) is 25.1 Å². The number of carbonyl (C=O) groups is 1. The summed E-state index contributed by atoms with van der Waals surface area (Å²) in [5.74, 6) is 0. The summed E-state index contributed by atoms with van der Waals surface area (Å²) in [5.41, 5.74) is 1.77. The highest BCUT2D eigenvalue weighted by Gasteiger charge is 2.29. The van der Waals surface area contributed by atoms with Crippen molar-refractivity contribution in [3.05, 3.63) is 65.2 Å². The van der Waals surface area contributed by atoms with E-state index in [2.05, 4.69) is 10.6 Å². The van der Waals surface area contributed by atoms with Gasteiger partial charge in [-0.25, -0.2) is 4.79 Å². The number of carbonyl (C=O) groups excluding carboxylic acids is 1. The first-order valence-corrected chi connectivity index (χ1v) is 7.54. The Morgan fingerprint density at radius 2 is 1.79 bits per heavy atom. The first kappa shape index (κ1) is 17.8. The van der Waals surface area contributed by atoms with E-state index in [0.29, 0.717) is 12.1 Å². The molecule has 2 N–H and O–H groups in total. The van der Waals surface area contributed by atoms with Gasteiger partial charge in [0.2, 0.25) is 0 Å². The Morgan fingerprint density at radius 3 is 2.38 bits per heavy atom. The van der Waals surface area contributed by atoms with Crippen molar-refractivity contribution >= 4 is 11.7 Å². The van der Waals surface area contributed by atoms with Crippen LogP contribution in [0.3, 0.4) is 0 Å². The predicted octanol–water partition coefficient (Wildman–Crippen LogP) is 4.77. The van der Waals surface area contributed by atoms with Crippen LogP contribution in [0.2, 0.25) is 0 Å². The second kappa shape index (κ2) is 7.38. The lowest BCUT2D eigenvalue weighted by Crippen LogP contribution is -2.37. The van der Waals surface area contributed by atoms with Crippen molar-refractivity contribution in [3.8, 4) is 0 Å². The zero-order valence-electron chi connectivity index (χ0n) is 13.4. The van der Waals surface area contributed by atoms with Gasteiger partial charge in [0.25, 0.3) is 0 Å². The molecule has 0 spiro atoms. The van der Waals surface area contributed by atoms with Crippen molar-refractivity contribution in [1.29, 1.82) is 0 Å². The topological polar surface area (TPSA) is 41.1 Å². The third-order valence-corrected chi connectivity index (χ3v) is 3.48. The van der Waals surface area contributed by atoms with E-state index in [-0.39, 0.29) is 12.1 Å². The van der Waals surface area contributed by atoms with E-state index in [1.165, 1.54) is 12.1 Å². The molecule has 0 saturated carbocycles. The minimum atomic E-state index is -4.34. The fourth-order valence-electron chi connectivity index (χ4n) is 2.35. The first-order valence-electron chi connectivity index (χ1n) is 7.54. The van der Waals surface area contributed by atoms with Gasteiger partial charge in [-0.15, -0.1) is 0 Å². The number of rotatable bonds is 4. The number of aryl methyl sites for hydroxylation is 1. The van der Waals surface area contributed by atoms with Crippen LogP contribution in [-0.2, 0) is 12.6 Å². The number of urea groups is 1. The summed E-state index contributed by atoms with van der Waals surface area (Å²) >= 11 is 0. The Bertz CT molecular complexity index is 696. The Labute approximate surface area is 138 Å². The first-order chi connectivity index (χ1) is 11.2. The molecule has 0 radical (unpaired) electrons. The van der Waals surface area contributed by atoms with Gasteiger partial charge in [-0.3, -0.25) is 0 Å². The number of amides is 2. The third kappa shape index (κ3) is 5.30. The maximum atomic E-state index is 12.5. The molecule has 0 aromatic heterocycles. The van der Waals surface area contributed by atoms with Crippen LogP contribution in [0.15, 0.2) is 48.5 Å². The molecule has 0 saturated heterocycles. The molecule has 0 heterocycles. The van der Waals surface area contributed by atoms with Crippen molar-refractivity contribution in [2.75, 3.05) is 5.32 Å². The molecule has 0 aliphatic carbocycles. The molecule has 24 heavy (non-hydrogen) atoms. The quantitative estimate of drug-likeness (QED) is 0.830. The monoisotopic (exact) mass is 336 g/mol. The summed E-state index contributed by atoms with van der Waals surface area (Å²) in [5, 5.41) is 5.50. The summed E-state index contributed by atoms with van der Waals surface area (Å²) < 4.78 is 37.6. The van der Waals surface area contributed by atoms with Crippen LogP contribution >= 0.6 is 0 Å². The summed E-state index contributed by atoms with van der Waals surface area (Å²) in [7, 11) is 0. The lowest BCUT2D eigenvalue weighted by molar-refractivity contribution is -0.137. The van der Waals surface area contributed by atoms with E-state index in [0.717, 1.165) is 23.3 Å². The van der Waals surface area contributed by atoms with E-state index in [4.69, 9.17) is 0 Å². The highest BCUT2D eigenvalue weighted by atomic mass is 19.4. The molecule has 1 unspecified atom stereocenters. The SMILES string of the molecule is Cc1cccc(NC(=O)NC(C)Cc2ccc(C(F)(F)F)cc2)c1. The van der Waals surface area contributed by atoms with Crippen LogP contribution in [0.4, 0.5) is 23.7 Å². The standard InChI is InChI=1S/C18H19F3N2O/c1-12-4-3-5-16(10-12)23-17(24)22-13(2)11-14-6-8-15(9-7-14)18(19,20)21/h3-10,13H,11H2,1-2H3,(H2,22,23,24). The highest BCUT2D eigenvalue weighted by molar-refractivity contribution is 5.89. The van der Waals surface area contributed by atoms with Gasteiger partial charge >= 0.3 is 12.2 Å². The lowest BCUT2D eigenvalue weighted by Gasteiger charge is -2.15. The Kier molecular flexibility index (Phi) is 5.49. The lowest BCUT2D eigenvalue weighted by atomic mass is 10.1. The van der Waals surface area contributed by atoms with Gasteiger partial charge in [0.05, 0.1) is 5.56 Å². The maximum absolute atomic E-state index is 12.5. The van der Waals surface area contributed by atoms with E-state index in [1.54, 1.807) is 13.0 Å². The minimum Gasteiger partial charge on any atom is -0.335 e. The van der Waals surface area contributed by atoms with E-state index in [9.17, 15) is 18.0 Å². The molecule has 128 valence electrons. The molecule has 0 bridgehead atoms. The fraction of sp³-hybridized carbons (Fsp3) is 0.278. The van der Waals surface area contributed by atoms with Gasteiger partial charge in [0.1, 0.15) is 0 Å². The zero-order chi connectivity index (χ0) is 17.7. The van der Waals surface area contributed by atoms with Crippen molar-refractivity contribution in [2.45, 2.75) is 32.5 Å². The predicted molar refractivity (Wildman–Crippen MR) is 87.9 cm³/mol. The molecule has 1 atom stereocenters. The number of halogens is 3. The normalized spacial score (nSPS) is 12.5. The Balaban J connectivity index is 1.88. The average Bonchev–Trinajstić information content (AvgIpc) is 2.46. The highest BCUT2D eigenvalue weighted by Crippen LogP contribution is 2.29. The molecule has 2 amide bonds. The number of nitrogens with one attached hydrogen (secondary N) is 2. The molecular weight excluding hydrogens is 317 g/mol. The Morgan fingerprint density at radius 1 is 1.12 bits per heavy atom. The molecule has 0 fully saturated rings. The second-order valence-electron chi connectivity index (χ2n) is 5.77. The molecule has 2 aromatic carbocycles. The summed E-state index contributed by atoms with van der Waals surface area (Å²) in [4.78, 5) is 11.9. The van der Waals surface area contributed by atoms with Gasteiger partial charge in [-0.1, -0.05) is 24.3 Å². The maximum Gasteiger partial charge on any atom is 0.416 e. The second-order valence-corrected chi connectivity index (χ2v) is 5.77. The smallest absolute Gasteiger partial charge is 0.335 e. The number of hydrogen-bond acceptors (Lipinski definition) is 1. The summed E-state index contributed by atoms with van der Waals surface area (Å²) in [6, 6.07) is 11.8. The van der Waals surface area contributed by atoms with Crippen molar-refractivity contribution in [1.82, 2.24) is 5.32 Å². The minimum absolute atomic E-state index is 0.216. The van der Waals surface area contributed by atoms with Gasteiger partial charge < -0.3 is 10.6 Å². The van der Waals surface area contributed by atoms with Crippen LogP contribution in [0.1, 0.15) is 23.6 Å². The van der Waals surface area contributed by atoms with Crippen molar-refractivity contribution in [3.63, 3.8) is 0 Å². The molecular formula is C18H19F3N2O. The molecule has 0 aliphatic rings. The average molecular weight is 336 g/mol. The fourth-order valence-corrected chi connectivity index (χ4v) is 2.35. The molecule has 2 rings (SSSR count). The number of benzene rings is 2. The van der Waals surface area contributed by atoms with E-state index < -0.39 is 11.7 Å². The van der Waals surface area contributed by atoms with Gasteiger partial charge in [0.15, 0.2) is 0 Å². The van der Waals surface area contributed by atoms with Crippen molar-refractivity contribution in [2.24, 2.45) is 0 Å². The third-order valence-electron chi connectivity index (χ3n) is 3.48. The van der Waals surface area contributed by atoms with Crippen molar-refractivity contribution < 1.29 is 18.0 Å². The summed E-state index contributed by atoms with van der Waals surface area (Å²) in [6.45, 7) is 3.73. The van der Waals surface area contributed by atoms with Gasteiger partial charge in [0, 0.05) is 11.7 Å². The molecule has 0 aliphatic heterocycles. The van der Waals surface area contributed by atoms with Crippen LogP contribution in [-0.4, -0.2) is 12.1 Å².